The molecule has 0 aromatic rings. The fraction of sp³-hybridized carbons (Fsp3) is 0.500. The molecule has 0 N–H and O–H groups in total. The Morgan fingerprint density at radius 3 is 2.75 bits per heavy atom. The topological polar surface area (TPSA) is 0 Å². The van der Waals surface area contributed by atoms with Crippen molar-refractivity contribution in [2.75, 3.05) is 0 Å². The van der Waals surface area contributed by atoms with Crippen LogP contribution < -0.4 is 0 Å². The lowest BCUT2D eigenvalue weighted by atomic mass is 10.3. The zero-order valence-corrected chi connectivity index (χ0v) is 5.65. The first-order valence-electron chi connectivity index (χ1n) is 3.09. The van der Waals surface area contributed by atoms with Crippen LogP contribution in [-0.4, -0.2) is 0 Å². The van der Waals surface area contributed by atoms with Crippen molar-refractivity contribution >= 4 is 0 Å². The van der Waals surface area contributed by atoms with E-state index in [9.17, 15) is 0 Å². The molecule has 0 aromatic heterocycles. The van der Waals surface area contributed by atoms with Gasteiger partial charge in [-0.15, -0.1) is 0 Å². The Labute approximate surface area is 51.9 Å². The quantitative estimate of drug-likeness (QED) is 0.489. The number of allylic oxidation sites excluding steroid dienone is 4. The van der Waals surface area contributed by atoms with E-state index in [2.05, 4.69) is 13.0 Å². The van der Waals surface area contributed by atoms with Crippen LogP contribution in [0.5, 0.6) is 0 Å². The summed E-state index contributed by atoms with van der Waals surface area (Å²) >= 11 is 0. The van der Waals surface area contributed by atoms with Crippen molar-refractivity contribution in [2.45, 2.75) is 26.7 Å². The van der Waals surface area contributed by atoms with Crippen molar-refractivity contribution < 1.29 is 0 Å². The van der Waals surface area contributed by atoms with Crippen molar-refractivity contribution in [3.8, 4) is 0 Å². The van der Waals surface area contributed by atoms with E-state index < -0.39 is 0 Å². The lowest BCUT2D eigenvalue weighted by Gasteiger charge is -1.77. The summed E-state index contributed by atoms with van der Waals surface area (Å²) in [4.78, 5) is 0. The van der Waals surface area contributed by atoms with Crippen molar-refractivity contribution in [3.63, 3.8) is 0 Å². The van der Waals surface area contributed by atoms with Gasteiger partial charge in [-0.2, -0.15) is 0 Å². The van der Waals surface area contributed by atoms with Gasteiger partial charge in [0.15, 0.2) is 0 Å². The summed E-state index contributed by atoms with van der Waals surface area (Å²) < 4.78 is 0. The SMILES string of the molecule is CC=CC=[C]CCC. The summed E-state index contributed by atoms with van der Waals surface area (Å²) in [5.41, 5.74) is 0. The van der Waals surface area contributed by atoms with Crippen LogP contribution in [0.1, 0.15) is 26.7 Å². The molecule has 0 atom stereocenters. The summed E-state index contributed by atoms with van der Waals surface area (Å²) in [6, 6.07) is 0. The van der Waals surface area contributed by atoms with E-state index in [-0.39, 0.29) is 0 Å². The second-order valence-corrected chi connectivity index (χ2v) is 1.65. The molecule has 0 saturated carbocycles. The minimum absolute atomic E-state index is 1.07. The van der Waals surface area contributed by atoms with Gasteiger partial charge in [0, 0.05) is 0 Å². The first-order chi connectivity index (χ1) is 3.91. The van der Waals surface area contributed by atoms with E-state index in [1.54, 1.807) is 0 Å². The number of hydrogen-bond acceptors (Lipinski definition) is 0. The summed E-state index contributed by atoms with van der Waals surface area (Å²) in [5, 5.41) is 0. The molecule has 0 aliphatic heterocycles. The molecule has 0 unspecified atom stereocenters. The summed E-state index contributed by atoms with van der Waals surface area (Å²) in [6.07, 6.45) is 11.3. The van der Waals surface area contributed by atoms with Crippen LogP contribution in [0.25, 0.3) is 0 Å². The van der Waals surface area contributed by atoms with E-state index in [4.69, 9.17) is 0 Å². The van der Waals surface area contributed by atoms with Gasteiger partial charge in [0.25, 0.3) is 0 Å². The Kier molecular flexibility index (Phi) is 6.06. The molecule has 0 aliphatic carbocycles. The second kappa shape index (κ2) is 6.48. The highest BCUT2D eigenvalue weighted by molar-refractivity contribution is 4.96. The Hall–Kier alpha value is -0.520. The second-order valence-electron chi connectivity index (χ2n) is 1.65. The average Bonchev–Trinajstić information content (AvgIpc) is 1.81. The molecule has 0 aliphatic rings. The Balaban J connectivity index is 3.07. The standard InChI is InChI=1S/C8H13/c1-3-5-7-8-6-4-2/h3,5,7H,4,6H2,1-2H3. The third kappa shape index (κ3) is 5.48. The fourth-order valence-electron chi connectivity index (χ4n) is 0.392. The van der Waals surface area contributed by atoms with Crippen molar-refractivity contribution in [2.24, 2.45) is 0 Å². The third-order valence-electron chi connectivity index (χ3n) is 0.801. The molecular formula is C8H13. The fourth-order valence-corrected chi connectivity index (χ4v) is 0.392. The lowest BCUT2D eigenvalue weighted by molar-refractivity contribution is 0.940. The maximum absolute atomic E-state index is 3.12. The average molecular weight is 109 g/mol. The van der Waals surface area contributed by atoms with Crippen LogP contribution in [0.2, 0.25) is 0 Å². The molecule has 0 fully saturated rings. The van der Waals surface area contributed by atoms with Gasteiger partial charge in [0.05, 0.1) is 0 Å². The monoisotopic (exact) mass is 109 g/mol. The minimum atomic E-state index is 1.07. The lowest BCUT2D eigenvalue weighted by Crippen LogP contribution is -1.59. The number of hydrogen-bond donors (Lipinski definition) is 0. The summed E-state index contributed by atoms with van der Waals surface area (Å²) in [5.74, 6) is 0. The van der Waals surface area contributed by atoms with Gasteiger partial charge in [-0.25, -0.2) is 0 Å². The van der Waals surface area contributed by atoms with Gasteiger partial charge >= 0.3 is 0 Å². The Bertz CT molecular complexity index is 78.0. The van der Waals surface area contributed by atoms with Crippen molar-refractivity contribution in [1.29, 1.82) is 0 Å². The molecule has 0 rings (SSSR count). The van der Waals surface area contributed by atoms with Gasteiger partial charge in [-0.3, -0.25) is 0 Å². The first kappa shape index (κ1) is 7.48. The Morgan fingerprint density at radius 2 is 2.25 bits per heavy atom. The molecule has 0 aromatic carbocycles. The highest BCUT2D eigenvalue weighted by Gasteiger charge is 1.68. The zero-order valence-electron chi connectivity index (χ0n) is 5.65. The normalized spacial score (nSPS) is 11.8. The summed E-state index contributed by atoms with van der Waals surface area (Å²) in [7, 11) is 0. The van der Waals surface area contributed by atoms with E-state index in [1.807, 2.05) is 25.2 Å². The maximum atomic E-state index is 3.12. The molecule has 8 heavy (non-hydrogen) atoms. The number of rotatable bonds is 3. The number of unbranched alkanes of at least 4 members (excludes halogenated alkanes) is 1. The minimum Gasteiger partial charge on any atom is -0.0877 e. The highest BCUT2D eigenvalue weighted by atomic mass is 13.7. The van der Waals surface area contributed by atoms with E-state index in [1.165, 1.54) is 6.42 Å². The molecule has 0 heterocycles. The van der Waals surface area contributed by atoms with Crippen LogP contribution in [0.15, 0.2) is 18.2 Å². The maximum Gasteiger partial charge on any atom is -0.0279 e. The molecule has 0 saturated heterocycles. The van der Waals surface area contributed by atoms with Crippen LogP contribution in [-0.2, 0) is 0 Å². The van der Waals surface area contributed by atoms with E-state index in [0.717, 1.165) is 6.42 Å². The van der Waals surface area contributed by atoms with Gasteiger partial charge in [0.1, 0.15) is 0 Å². The summed E-state index contributed by atoms with van der Waals surface area (Å²) in [6.45, 7) is 4.15. The molecular weight excluding hydrogens is 96.1 g/mol. The molecule has 1 radical (unpaired) electrons. The van der Waals surface area contributed by atoms with Crippen molar-refractivity contribution in [3.05, 3.63) is 24.3 Å². The zero-order chi connectivity index (χ0) is 6.24. The van der Waals surface area contributed by atoms with Crippen molar-refractivity contribution in [1.82, 2.24) is 0 Å². The van der Waals surface area contributed by atoms with Gasteiger partial charge in [-0.05, 0) is 19.4 Å². The van der Waals surface area contributed by atoms with Gasteiger partial charge < -0.3 is 0 Å². The van der Waals surface area contributed by atoms with Crippen LogP contribution in [0.4, 0.5) is 0 Å². The molecule has 0 heteroatoms. The van der Waals surface area contributed by atoms with E-state index in [0.29, 0.717) is 0 Å². The first-order valence-corrected chi connectivity index (χ1v) is 3.09. The smallest absolute Gasteiger partial charge is 0.0279 e. The predicted molar refractivity (Wildman–Crippen MR) is 37.5 cm³/mol. The Morgan fingerprint density at radius 1 is 1.50 bits per heavy atom. The molecule has 0 spiro atoms. The largest absolute Gasteiger partial charge is 0.0877 e. The van der Waals surface area contributed by atoms with Crippen LogP contribution in [0.3, 0.4) is 0 Å². The third-order valence-corrected chi connectivity index (χ3v) is 0.801. The van der Waals surface area contributed by atoms with Gasteiger partial charge in [0.2, 0.25) is 0 Å². The molecule has 45 valence electrons. The molecule has 0 amide bonds. The molecule has 0 bridgehead atoms. The molecule has 0 nitrogen and oxygen atoms in total. The van der Waals surface area contributed by atoms with Crippen LogP contribution >= 0.6 is 0 Å². The van der Waals surface area contributed by atoms with Crippen LogP contribution in [0, 0.1) is 6.08 Å². The van der Waals surface area contributed by atoms with Gasteiger partial charge in [-0.1, -0.05) is 31.6 Å². The predicted octanol–water partition coefficient (Wildman–Crippen LogP) is 2.72. The highest BCUT2D eigenvalue weighted by Crippen LogP contribution is 1.86. The van der Waals surface area contributed by atoms with E-state index >= 15 is 0 Å².